The van der Waals surface area contributed by atoms with Crippen LogP contribution in [0.15, 0.2) is 83.8 Å². The average Bonchev–Trinajstić information content (AvgIpc) is 2.87. The lowest BCUT2D eigenvalue weighted by Crippen LogP contribution is -2.45. The second-order valence-corrected chi connectivity index (χ2v) is 9.39. The zero-order valence-corrected chi connectivity index (χ0v) is 19.5. The molecule has 0 fully saturated rings. The van der Waals surface area contributed by atoms with Gasteiger partial charge in [-0.1, -0.05) is 42.5 Å². The van der Waals surface area contributed by atoms with Gasteiger partial charge in [-0.25, -0.2) is 8.42 Å². The first-order valence-electron chi connectivity index (χ1n) is 10.9. The van der Waals surface area contributed by atoms with Crippen LogP contribution in [0.25, 0.3) is 0 Å². The van der Waals surface area contributed by atoms with E-state index in [-0.39, 0.29) is 23.7 Å². The van der Waals surface area contributed by atoms with Crippen LogP contribution in [0.1, 0.15) is 6.92 Å². The van der Waals surface area contributed by atoms with E-state index in [0.29, 0.717) is 23.9 Å². The normalized spacial score (nSPS) is 14.8. The van der Waals surface area contributed by atoms with E-state index in [2.05, 4.69) is 5.32 Å². The van der Waals surface area contributed by atoms with Crippen LogP contribution in [0.2, 0.25) is 0 Å². The smallest absolute Gasteiger partial charge is 0.264 e. The molecule has 0 radical (unpaired) electrons. The largest absolute Gasteiger partial charge is 0.492 e. The molecular formula is C25H26N2O6S. The van der Waals surface area contributed by atoms with Crippen molar-refractivity contribution in [2.24, 2.45) is 0 Å². The number of hydrogen-bond acceptors (Lipinski definition) is 6. The molecule has 34 heavy (non-hydrogen) atoms. The number of fused-ring (bicyclic) bond motifs is 1. The molecule has 0 saturated heterocycles. The maximum atomic E-state index is 13.5. The molecule has 3 aromatic carbocycles. The van der Waals surface area contributed by atoms with E-state index in [0.717, 1.165) is 4.31 Å². The molecular weight excluding hydrogens is 456 g/mol. The number of benzene rings is 3. The third kappa shape index (κ3) is 5.26. The van der Waals surface area contributed by atoms with Crippen LogP contribution in [0.4, 0.5) is 5.69 Å². The highest BCUT2D eigenvalue weighted by molar-refractivity contribution is 7.92. The van der Waals surface area contributed by atoms with E-state index >= 15 is 0 Å². The van der Waals surface area contributed by atoms with Gasteiger partial charge in [0.2, 0.25) is 5.91 Å². The summed E-state index contributed by atoms with van der Waals surface area (Å²) < 4.78 is 45.3. The summed E-state index contributed by atoms with van der Waals surface area (Å²) >= 11 is 0. The number of amides is 1. The molecule has 0 spiro atoms. The Morgan fingerprint density at radius 3 is 2.44 bits per heavy atom. The van der Waals surface area contributed by atoms with Crippen molar-refractivity contribution in [1.82, 2.24) is 5.32 Å². The van der Waals surface area contributed by atoms with Gasteiger partial charge in [-0.3, -0.25) is 9.10 Å². The van der Waals surface area contributed by atoms with Crippen molar-refractivity contribution in [3.05, 3.63) is 78.9 Å². The summed E-state index contributed by atoms with van der Waals surface area (Å²) in [6, 6.07) is 22.0. The molecule has 1 aliphatic rings. The van der Waals surface area contributed by atoms with Crippen molar-refractivity contribution in [3.63, 3.8) is 0 Å². The van der Waals surface area contributed by atoms with Gasteiger partial charge < -0.3 is 19.5 Å². The zero-order chi connectivity index (χ0) is 24.0. The predicted octanol–water partition coefficient (Wildman–Crippen LogP) is 3.24. The van der Waals surface area contributed by atoms with E-state index in [1.807, 2.05) is 25.1 Å². The topological polar surface area (TPSA) is 94.2 Å². The second kappa shape index (κ2) is 10.5. The van der Waals surface area contributed by atoms with Crippen LogP contribution < -0.4 is 23.8 Å². The maximum Gasteiger partial charge on any atom is 0.264 e. The minimum Gasteiger partial charge on any atom is -0.492 e. The van der Waals surface area contributed by atoms with E-state index < -0.39 is 28.6 Å². The fourth-order valence-corrected chi connectivity index (χ4v) is 4.99. The summed E-state index contributed by atoms with van der Waals surface area (Å²) in [6.07, 6.45) is -0.395. The van der Waals surface area contributed by atoms with Gasteiger partial charge in [0.25, 0.3) is 10.0 Å². The van der Waals surface area contributed by atoms with Gasteiger partial charge >= 0.3 is 0 Å². The van der Waals surface area contributed by atoms with Crippen molar-refractivity contribution in [1.29, 1.82) is 0 Å². The summed E-state index contributed by atoms with van der Waals surface area (Å²) in [7, 11) is -4.04. The highest BCUT2D eigenvalue weighted by atomic mass is 32.2. The SMILES string of the molecule is CCOc1ccccc1N(CC(=O)NC[C@H]1COc2ccccc2O1)S(=O)(=O)c1ccccc1. The molecule has 1 N–H and O–H groups in total. The van der Waals surface area contributed by atoms with Crippen LogP contribution >= 0.6 is 0 Å². The summed E-state index contributed by atoms with van der Waals surface area (Å²) in [5.74, 6) is 1.15. The molecule has 3 aromatic rings. The van der Waals surface area contributed by atoms with Crippen LogP contribution in [-0.4, -0.2) is 46.7 Å². The lowest BCUT2D eigenvalue weighted by atomic mass is 10.2. The number of nitrogens with one attached hydrogen (secondary N) is 1. The van der Waals surface area contributed by atoms with Gasteiger partial charge in [0.15, 0.2) is 11.5 Å². The summed E-state index contributed by atoms with van der Waals surface area (Å²) in [5, 5.41) is 2.77. The Balaban J connectivity index is 1.52. The number of ether oxygens (including phenoxy) is 3. The first-order valence-corrected chi connectivity index (χ1v) is 12.4. The molecule has 1 atom stereocenters. The molecule has 9 heteroatoms. The molecule has 0 aromatic heterocycles. The molecule has 0 saturated carbocycles. The number of anilines is 1. The third-order valence-electron chi connectivity index (χ3n) is 5.15. The molecule has 0 bridgehead atoms. The van der Waals surface area contributed by atoms with Crippen molar-refractivity contribution in [2.75, 3.05) is 30.6 Å². The minimum absolute atomic E-state index is 0.0784. The van der Waals surface area contributed by atoms with Gasteiger partial charge in [-0.05, 0) is 43.3 Å². The molecule has 4 rings (SSSR count). The van der Waals surface area contributed by atoms with Gasteiger partial charge in [0.05, 0.1) is 23.7 Å². The van der Waals surface area contributed by atoms with E-state index in [9.17, 15) is 13.2 Å². The Morgan fingerprint density at radius 1 is 1.00 bits per heavy atom. The fraction of sp³-hybridized carbons (Fsp3) is 0.240. The maximum absolute atomic E-state index is 13.5. The van der Waals surface area contributed by atoms with Gasteiger partial charge in [0, 0.05) is 0 Å². The van der Waals surface area contributed by atoms with Crippen molar-refractivity contribution in [3.8, 4) is 17.2 Å². The van der Waals surface area contributed by atoms with E-state index in [1.54, 1.807) is 48.5 Å². The number of para-hydroxylation sites is 4. The first-order chi connectivity index (χ1) is 16.5. The fourth-order valence-electron chi connectivity index (χ4n) is 3.54. The minimum atomic E-state index is -4.04. The summed E-state index contributed by atoms with van der Waals surface area (Å²) in [5.41, 5.74) is 0.287. The van der Waals surface area contributed by atoms with Gasteiger partial charge in [0.1, 0.15) is 25.0 Å². The van der Waals surface area contributed by atoms with Gasteiger partial charge in [-0.2, -0.15) is 0 Å². The third-order valence-corrected chi connectivity index (χ3v) is 6.92. The highest BCUT2D eigenvalue weighted by Crippen LogP contribution is 2.33. The number of nitrogens with zero attached hydrogens (tertiary/aromatic N) is 1. The molecule has 178 valence electrons. The summed E-state index contributed by atoms with van der Waals surface area (Å²) in [6.45, 7) is 2.17. The number of rotatable bonds is 9. The van der Waals surface area contributed by atoms with E-state index in [4.69, 9.17) is 14.2 Å². The molecule has 0 unspecified atom stereocenters. The van der Waals surface area contributed by atoms with Crippen LogP contribution in [0.3, 0.4) is 0 Å². The first kappa shape index (κ1) is 23.4. The Kier molecular flexibility index (Phi) is 7.22. The van der Waals surface area contributed by atoms with E-state index in [1.165, 1.54) is 12.1 Å². The number of hydrogen-bond donors (Lipinski definition) is 1. The van der Waals surface area contributed by atoms with Crippen molar-refractivity contribution in [2.45, 2.75) is 17.9 Å². The molecule has 1 heterocycles. The van der Waals surface area contributed by atoms with Crippen molar-refractivity contribution >= 4 is 21.6 Å². The molecule has 1 aliphatic heterocycles. The molecule has 0 aliphatic carbocycles. The van der Waals surface area contributed by atoms with Gasteiger partial charge in [-0.15, -0.1) is 0 Å². The Labute approximate surface area is 199 Å². The van der Waals surface area contributed by atoms with Crippen molar-refractivity contribution < 1.29 is 27.4 Å². The average molecular weight is 483 g/mol. The van der Waals surface area contributed by atoms with Crippen LogP contribution in [0, 0.1) is 0 Å². The highest BCUT2D eigenvalue weighted by Gasteiger charge is 2.30. The summed E-state index contributed by atoms with van der Waals surface area (Å²) in [4.78, 5) is 13.0. The quantitative estimate of drug-likeness (QED) is 0.503. The standard InChI is InChI=1S/C25H26N2O6S/c1-2-31-22-13-7-6-12-21(22)27(34(29,30)20-10-4-3-5-11-20)17-25(28)26-16-19-18-32-23-14-8-9-15-24(23)33-19/h3-15,19H,2,16-18H2,1H3,(H,26,28)/t19-/m0/s1. The Hall–Kier alpha value is -3.72. The second-order valence-electron chi connectivity index (χ2n) is 7.53. The molecule has 8 nitrogen and oxygen atoms in total. The monoisotopic (exact) mass is 482 g/mol. The lowest BCUT2D eigenvalue weighted by Gasteiger charge is -2.28. The zero-order valence-electron chi connectivity index (χ0n) is 18.7. The number of sulfonamides is 1. The van der Waals surface area contributed by atoms with Crippen LogP contribution in [0.5, 0.6) is 17.2 Å². The molecule has 1 amide bonds. The Morgan fingerprint density at radius 2 is 1.68 bits per heavy atom. The predicted molar refractivity (Wildman–Crippen MR) is 128 cm³/mol. The number of carbonyl (C=O) groups excluding carboxylic acids is 1. The Bertz CT molecular complexity index is 1230. The van der Waals surface area contributed by atoms with Crippen LogP contribution in [-0.2, 0) is 14.8 Å². The lowest BCUT2D eigenvalue weighted by molar-refractivity contribution is -0.120. The number of carbonyl (C=O) groups is 1.